The zero-order chi connectivity index (χ0) is 47.6. The summed E-state index contributed by atoms with van der Waals surface area (Å²) in [6, 6.07) is 0. The maximum Gasteiger partial charge on any atom is 0.304 e. The number of rotatable bonds is 2. The molecule has 10 rings (SSSR count). The number of fused-ring (bicyclic) bond motifs is 10. The monoisotopic (exact) mass is 897 g/mol. The molecule has 0 aromatic carbocycles. The Hall–Kier alpha value is -4.08. The summed E-state index contributed by atoms with van der Waals surface area (Å²) in [5.41, 5.74) is 11.0. The van der Waals surface area contributed by atoms with Gasteiger partial charge in [-0.25, -0.2) is 0 Å². The van der Waals surface area contributed by atoms with E-state index in [1.165, 1.54) is 93.9 Å². The summed E-state index contributed by atoms with van der Waals surface area (Å²) < 4.78 is 11.0. The molecular weight excluding hydrogens is 817 g/mol. The average Bonchev–Trinajstić information content (AvgIpc) is 4.05. The molecule has 10 aliphatic rings. The van der Waals surface area contributed by atoms with E-state index in [0.29, 0.717) is 53.0 Å². The Bertz CT molecular complexity index is 2160. The van der Waals surface area contributed by atoms with Gasteiger partial charge in [-0.3, -0.25) is 19.2 Å². The Morgan fingerprint density at radius 1 is 0.621 bits per heavy atom. The third-order valence-corrected chi connectivity index (χ3v) is 19.7. The van der Waals surface area contributed by atoms with Gasteiger partial charge >= 0.3 is 11.9 Å². The van der Waals surface area contributed by atoms with Crippen molar-refractivity contribution in [1.82, 2.24) is 0 Å². The van der Waals surface area contributed by atoms with Crippen LogP contribution in [0.1, 0.15) is 183 Å². The van der Waals surface area contributed by atoms with E-state index in [-0.39, 0.29) is 17.4 Å². The molecule has 8 fully saturated rings. The molecule has 0 heterocycles. The Labute approximate surface area is 398 Å². The molecule has 10 aliphatic carbocycles. The fourth-order valence-corrected chi connectivity index (χ4v) is 16.2. The summed E-state index contributed by atoms with van der Waals surface area (Å²) in [5, 5.41) is 0. The van der Waals surface area contributed by atoms with Crippen LogP contribution in [0.25, 0.3) is 0 Å². The van der Waals surface area contributed by atoms with Crippen LogP contribution >= 0.6 is 0 Å². The van der Waals surface area contributed by atoms with Crippen molar-refractivity contribution in [3.63, 3.8) is 0 Å². The quantitative estimate of drug-likeness (QED) is 0.156. The lowest BCUT2D eigenvalue weighted by Gasteiger charge is -2.55. The second kappa shape index (κ2) is 20.3. The van der Waals surface area contributed by atoms with Crippen LogP contribution in [0.3, 0.4) is 0 Å². The topological polar surface area (TPSA) is 86.7 Å². The first-order chi connectivity index (χ1) is 31.5. The number of hydrogen-bond donors (Lipinski definition) is 0. The molecule has 356 valence electrons. The van der Waals surface area contributed by atoms with Gasteiger partial charge in [-0.2, -0.15) is 0 Å². The molecule has 0 aromatic heterocycles. The Balaban J connectivity index is 0.000000142. The van der Waals surface area contributed by atoms with E-state index in [1.807, 2.05) is 19.1 Å². The van der Waals surface area contributed by atoms with Gasteiger partial charge in [0.25, 0.3) is 0 Å². The van der Waals surface area contributed by atoms with E-state index in [0.717, 1.165) is 107 Å². The maximum atomic E-state index is 11.8. The van der Waals surface area contributed by atoms with E-state index in [2.05, 4.69) is 57.2 Å². The van der Waals surface area contributed by atoms with Crippen LogP contribution in [-0.2, 0) is 28.7 Å². The summed E-state index contributed by atoms with van der Waals surface area (Å²) >= 11 is 0. The SMILES string of the molecule is C#CC1(OC(C)=O)CCC2C3CCC4=CC(=O)CCC4C3CC[C@@]21C.C#CC1(OC(C)=O)CCC[C@H]1C.C=C=C1CCC2C3CCC4=CC(=O)CC[C@@H]4C3CC[C@]12C.C=C=C1CCC[C@H]1C. The van der Waals surface area contributed by atoms with Gasteiger partial charge in [0, 0.05) is 38.0 Å². The first-order valence-electron chi connectivity index (χ1n) is 26.1. The first kappa shape index (κ1) is 49.8. The molecule has 0 saturated heterocycles. The normalized spacial score (nSPS) is 41.3. The van der Waals surface area contributed by atoms with Gasteiger partial charge in [0.05, 0.1) is 0 Å². The molecule has 6 nitrogen and oxygen atoms in total. The third kappa shape index (κ3) is 9.38. The summed E-state index contributed by atoms with van der Waals surface area (Å²) in [5.74, 6) is 12.5. The zero-order valence-electron chi connectivity index (χ0n) is 41.5. The molecule has 8 saturated carbocycles. The van der Waals surface area contributed by atoms with Crippen LogP contribution in [0.15, 0.2) is 59.1 Å². The van der Waals surface area contributed by atoms with E-state index >= 15 is 0 Å². The molecule has 0 radical (unpaired) electrons. The van der Waals surface area contributed by atoms with Crippen molar-refractivity contribution in [2.24, 2.45) is 70.0 Å². The van der Waals surface area contributed by atoms with Crippen molar-refractivity contribution in [1.29, 1.82) is 0 Å². The van der Waals surface area contributed by atoms with E-state index in [4.69, 9.17) is 22.3 Å². The third-order valence-electron chi connectivity index (χ3n) is 19.7. The minimum absolute atomic E-state index is 0.111. The number of carbonyl (C=O) groups is 4. The van der Waals surface area contributed by atoms with Gasteiger partial charge in [-0.1, -0.05) is 63.8 Å². The maximum absolute atomic E-state index is 11.8. The summed E-state index contributed by atoms with van der Waals surface area (Å²) in [6.07, 6.45) is 39.7. The first-order valence-corrected chi connectivity index (χ1v) is 26.1. The second-order valence-corrected chi connectivity index (χ2v) is 22.7. The molecule has 0 aliphatic heterocycles. The molecule has 0 amide bonds. The predicted octanol–water partition coefficient (Wildman–Crippen LogP) is 13.2. The standard InChI is InChI=1S/C22H28O3.C20H26O.C10H14O2.C8H12/c1-4-22(25-14(2)23)12-10-20-19-7-5-15-13-16(24)6-8-17(15)18(19)9-11-21(20,22)3;1-3-14-5-9-19-18-7-4-13-12-15(21)6-8-16(13)17(18)10-11-20(14,19)2;1-4-10(12-9(3)11)7-5-6-8(10)2;1-3-8-6-4-5-7(8)2/h1,13,17-20H,5-12H2,2-3H3;12,16-19H,1,4-11H2,2H3;1,8H,5-7H2,2-3H3;7H,1,4-6H2,2H3/t17?,18?,19?,20?,21-,22?;16-,17?,18?,19?,20+;8-,10?;7-/m0011/s1. The fraction of sp³-hybridized carbons (Fsp3) is 0.700. The lowest BCUT2D eigenvalue weighted by atomic mass is 9.50. The van der Waals surface area contributed by atoms with Crippen molar-refractivity contribution in [3.8, 4) is 24.7 Å². The van der Waals surface area contributed by atoms with Crippen LogP contribution in [0.2, 0.25) is 0 Å². The minimum Gasteiger partial charge on any atom is -0.446 e. The fourth-order valence-electron chi connectivity index (χ4n) is 16.2. The van der Waals surface area contributed by atoms with E-state index in [9.17, 15) is 19.2 Å². The Morgan fingerprint density at radius 2 is 1.23 bits per heavy atom. The van der Waals surface area contributed by atoms with Crippen LogP contribution in [0, 0.1) is 94.7 Å². The number of ketones is 2. The smallest absolute Gasteiger partial charge is 0.304 e. The van der Waals surface area contributed by atoms with Crippen LogP contribution in [-0.4, -0.2) is 34.7 Å². The zero-order valence-corrected chi connectivity index (χ0v) is 41.5. The molecular formula is C60H80O6. The number of allylic oxidation sites excluding steroid dienone is 4. The summed E-state index contributed by atoms with van der Waals surface area (Å²) in [4.78, 5) is 46.0. The molecule has 0 bridgehead atoms. The molecule has 0 N–H and O–H groups in total. The van der Waals surface area contributed by atoms with E-state index in [1.54, 1.807) is 0 Å². The molecule has 0 aromatic rings. The van der Waals surface area contributed by atoms with Crippen molar-refractivity contribution < 1.29 is 28.7 Å². The van der Waals surface area contributed by atoms with Gasteiger partial charge in [0.15, 0.2) is 22.8 Å². The highest BCUT2D eigenvalue weighted by Gasteiger charge is 2.64. The lowest BCUT2D eigenvalue weighted by molar-refractivity contribution is -0.167. The number of terminal acetylenes is 2. The van der Waals surface area contributed by atoms with Crippen LogP contribution < -0.4 is 0 Å². The lowest BCUT2D eigenvalue weighted by Crippen LogP contribution is -2.53. The van der Waals surface area contributed by atoms with E-state index < -0.39 is 11.2 Å². The average molecular weight is 897 g/mol. The van der Waals surface area contributed by atoms with Crippen molar-refractivity contribution >= 4 is 23.5 Å². The Morgan fingerprint density at radius 3 is 1.71 bits per heavy atom. The van der Waals surface area contributed by atoms with Gasteiger partial charge < -0.3 is 9.47 Å². The number of esters is 2. The predicted molar refractivity (Wildman–Crippen MR) is 262 cm³/mol. The molecule has 14 atom stereocenters. The van der Waals surface area contributed by atoms with Crippen molar-refractivity contribution in [2.45, 2.75) is 194 Å². The molecule has 6 heteroatoms. The van der Waals surface area contributed by atoms with Gasteiger partial charge in [-0.15, -0.1) is 24.3 Å². The highest BCUT2D eigenvalue weighted by molar-refractivity contribution is 5.91. The second-order valence-electron chi connectivity index (χ2n) is 22.7. The van der Waals surface area contributed by atoms with Gasteiger partial charge in [-0.05, 0) is 210 Å². The highest BCUT2D eigenvalue weighted by atomic mass is 16.6. The largest absolute Gasteiger partial charge is 0.446 e. The van der Waals surface area contributed by atoms with Gasteiger partial charge in [0.2, 0.25) is 0 Å². The number of hydrogen-bond acceptors (Lipinski definition) is 6. The van der Waals surface area contributed by atoms with Gasteiger partial charge in [0.1, 0.15) is 0 Å². The summed E-state index contributed by atoms with van der Waals surface area (Å²) in [7, 11) is 0. The summed E-state index contributed by atoms with van der Waals surface area (Å²) in [6.45, 7) is 19.5. The molecule has 0 spiro atoms. The minimum atomic E-state index is -0.729. The van der Waals surface area contributed by atoms with Crippen LogP contribution in [0.5, 0.6) is 0 Å². The van der Waals surface area contributed by atoms with Crippen LogP contribution in [0.4, 0.5) is 0 Å². The number of ether oxygens (including phenoxy) is 2. The Kier molecular flexibility index (Phi) is 15.3. The van der Waals surface area contributed by atoms with Crippen molar-refractivity contribution in [3.05, 3.63) is 59.1 Å². The number of carbonyl (C=O) groups excluding carboxylic acids is 4. The van der Waals surface area contributed by atoms with Crippen molar-refractivity contribution in [2.75, 3.05) is 0 Å². The molecule has 66 heavy (non-hydrogen) atoms. The highest BCUT2D eigenvalue weighted by Crippen LogP contribution is 2.66. The molecule has 9 unspecified atom stereocenters.